The van der Waals surface area contributed by atoms with Gasteiger partial charge in [-0.2, -0.15) is 0 Å². The molecule has 7 nitrogen and oxygen atoms in total. The van der Waals surface area contributed by atoms with E-state index in [-0.39, 0.29) is 11.1 Å². The van der Waals surface area contributed by atoms with Crippen LogP contribution in [0.25, 0.3) is 0 Å². The summed E-state index contributed by atoms with van der Waals surface area (Å²) in [6.07, 6.45) is 0. The standard InChI is InChI=1S/C22H17Br4ClN2O5/c1-8(2)19(22(33)34-7-12(30)28-11-6-4-5-10(27)9(11)3)29-20(31)13-14(21(29)32)16(24)18(26)17(25)15(13)23/h4-6,8,19H,7H2,1-3H3,(H,28,30). The van der Waals surface area contributed by atoms with Crippen molar-refractivity contribution < 1.29 is 23.9 Å². The van der Waals surface area contributed by atoms with Crippen LogP contribution in [0.4, 0.5) is 5.69 Å². The molecule has 1 N–H and O–H groups in total. The first kappa shape index (κ1) is 27.3. The molecule has 12 heteroatoms. The molecule has 2 aromatic carbocycles. The maximum atomic E-state index is 13.3. The van der Waals surface area contributed by atoms with Gasteiger partial charge in [-0.15, -0.1) is 0 Å². The first-order chi connectivity index (χ1) is 15.9. The minimum absolute atomic E-state index is 0.125. The second kappa shape index (κ2) is 10.8. The molecule has 180 valence electrons. The van der Waals surface area contributed by atoms with Crippen molar-refractivity contribution in [3.63, 3.8) is 0 Å². The van der Waals surface area contributed by atoms with Crippen LogP contribution in [0.5, 0.6) is 0 Å². The molecule has 34 heavy (non-hydrogen) atoms. The van der Waals surface area contributed by atoms with Crippen LogP contribution in [-0.4, -0.2) is 41.2 Å². The summed E-state index contributed by atoms with van der Waals surface area (Å²) in [5.74, 6) is -3.21. The van der Waals surface area contributed by atoms with Crippen LogP contribution < -0.4 is 5.32 Å². The third-order valence-corrected chi connectivity index (χ3v) is 10.3. The van der Waals surface area contributed by atoms with E-state index in [4.69, 9.17) is 16.3 Å². The number of fused-ring (bicyclic) bond motifs is 1. The van der Waals surface area contributed by atoms with Crippen LogP contribution in [0.3, 0.4) is 0 Å². The molecule has 1 aliphatic rings. The van der Waals surface area contributed by atoms with Gasteiger partial charge in [-0.25, -0.2) is 4.79 Å². The molecular weight excluding hydrogens is 727 g/mol. The van der Waals surface area contributed by atoms with Gasteiger partial charge in [0.15, 0.2) is 6.61 Å². The molecule has 0 aromatic heterocycles. The predicted molar refractivity (Wildman–Crippen MR) is 142 cm³/mol. The van der Waals surface area contributed by atoms with Gasteiger partial charge in [0.25, 0.3) is 17.7 Å². The number of rotatable bonds is 6. The number of amides is 3. The van der Waals surface area contributed by atoms with Gasteiger partial charge in [-0.3, -0.25) is 19.3 Å². The van der Waals surface area contributed by atoms with Gasteiger partial charge in [0, 0.05) is 28.6 Å². The summed E-state index contributed by atoms with van der Waals surface area (Å²) in [5.41, 5.74) is 1.41. The molecule has 3 rings (SSSR count). The number of hydrogen-bond acceptors (Lipinski definition) is 5. The Bertz CT molecular complexity index is 1190. The van der Waals surface area contributed by atoms with Crippen LogP contribution >= 0.6 is 75.3 Å². The first-order valence-electron chi connectivity index (χ1n) is 9.83. The Morgan fingerprint density at radius 2 is 1.53 bits per heavy atom. The highest BCUT2D eigenvalue weighted by atomic mass is 79.9. The zero-order valence-corrected chi connectivity index (χ0v) is 25.1. The fourth-order valence-electron chi connectivity index (χ4n) is 3.45. The topological polar surface area (TPSA) is 92.8 Å². The lowest BCUT2D eigenvalue weighted by Gasteiger charge is -2.27. The van der Waals surface area contributed by atoms with E-state index >= 15 is 0 Å². The van der Waals surface area contributed by atoms with Crippen molar-refractivity contribution in [2.45, 2.75) is 26.8 Å². The molecule has 0 spiro atoms. The van der Waals surface area contributed by atoms with E-state index in [0.717, 1.165) is 4.90 Å². The van der Waals surface area contributed by atoms with Crippen LogP contribution in [0, 0.1) is 12.8 Å². The highest BCUT2D eigenvalue weighted by molar-refractivity contribution is 9.15. The Labute approximate surface area is 234 Å². The Morgan fingerprint density at radius 1 is 1.00 bits per heavy atom. The average molecular weight is 744 g/mol. The number of hydrogen-bond donors (Lipinski definition) is 1. The van der Waals surface area contributed by atoms with Gasteiger partial charge < -0.3 is 10.1 Å². The zero-order valence-electron chi connectivity index (χ0n) is 18.0. The summed E-state index contributed by atoms with van der Waals surface area (Å²) < 4.78 is 7.05. The molecule has 1 unspecified atom stereocenters. The number of halogens is 5. The fraction of sp³-hybridized carbons (Fsp3) is 0.273. The van der Waals surface area contributed by atoms with E-state index < -0.39 is 42.3 Å². The quantitative estimate of drug-likeness (QED) is 0.158. The van der Waals surface area contributed by atoms with Crippen LogP contribution in [0.1, 0.15) is 40.1 Å². The molecule has 0 radical (unpaired) electrons. The van der Waals surface area contributed by atoms with Crippen molar-refractivity contribution >= 4 is 105 Å². The molecule has 0 bridgehead atoms. The number of imide groups is 1. The third-order valence-electron chi connectivity index (χ3n) is 5.17. The molecule has 1 atom stereocenters. The van der Waals surface area contributed by atoms with E-state index in [0.29, 0.717) is 34.2 Å². The second-order valence-electron chi connectivity index (χ2n) is 7.74. The van der Waals surface area contributed by atoms with Crippen molar-refractivity contribution in [3.8, 4) is 0 Å². The van der Waals surface area contributed by atoms with Crippen molar-refractivity contribution in [1.29, 1.82) is 0 Å². The highest BCUT2D eigenvalue weighted by Crippen LogP contribution is 2.46. The van der Waals surface area contributed by atoms with Crippen molar-refractivity contribution in [2.24, 2.45) is 5.92 Å². The molecule has 0 saturated heterocycles. The van der Waals surface area contributed by atoms with Gasteiger partial charge in [0.1, 0.15) is 6.04 Å². The Balaban J connectivity index is 1.81. The van der Waals surface area contributed by atoms with E-state index in [1.807, 2.05) is 0 Å². The molecule has 1 aliphatic heterocycles. The summed E-state index contributed by atoms with van der Waals surface area (Å²) >= 11 is 19.5. The Hall–Kier alpha value is -1.27. The van der Waals surface area contributed by atoms with E-state index in [9.17, 15) is 19.2 Å². The minimum atomic E-state index is -1.23. The molecule has 3 amide bonds. The SMILES string of the molecule is Cc1c(Cl)cccc1NC(=O)COC(=O)C(C(C)C)N1C(=O)c2c(Br)c(Br)c(Br)c(Br)c2C1=O. The number of nitrogens with zero attached hydrogens (tertiary/aromatic N) is 1. The summed E-state index contributed by atoms with van der Waals surface area (Å²) in [5, 5.41) is 3.11. The van der Waals surface area contributed by atoms with E-state index in [1.165, 1.54) is 0 Å². The van der Waals surface area contributed by atoms with Crippen LogP contribution in [-0.2, 0) is 14.3 Å². The summed E-state index contributed by atoms with van der Waals surface area (Å²) in [6.45, 7) is 4.51. The van der Waals surface area contributed by atoms with Gasteiger partial charge >= 0.3 is 5.97 Å². The predicted octanol–water partition coefficient (Wildman–Crippen LogP) is 6.50. The molecular formula is C22H17Br4ClN2O5. The normalized spacial score (nSPS) is 13.9. The number of carbonyl (C=O) groups excluding carboxylic acids is 4. The number of anilines is 1. The average Bonchev–Trinajstić information content (AvgIpc) is 3.03. The van der Waals surface area contributed by atoms with Gasteiger partial charge in [0.2, 0.25) is 0 Å². The smallest absolute Gasteiger partial charge is 0.330 e. The van der Waals surface area contributed by atoms with Crippen molar-refractivity contribution in [2.75, 3.05) is 11.9 Å². The lowest BCUT2D eigenvalue weighted by atomic mass is 10.0. The maximum absolute atomic E-state index is 13.3. The van der Waals surface area contributed by atoms with Gasteiger partial charge in [-0.1, -0.05) is 31.5 Å². The van der Waals surface area contributed by atoms with Gasteiger partial charge in [-0.05, 0) is 94.3 Å². The molecule has 0 saturated carbocycles. The van der Waals surface area contributed by atoms with Crippen molar-refractivity contribution in [3.05, 3.63) is 57.8 Å². The number of nitrogens with one attached hydrogen (secondary N) is 1. The van der Waals surface area contributed by atoms with Crippen LogP contribution in [0.15, 0.2) is 36.1 Å². The summed E-state index contributed by atoms with van der Waals surface area (Å²) in [4.78, 5) is 52.8. The van der Waals surface area contributed by atoms with E-state index in [2.05, 4.69) is 69.0 Å². The largest absolute Gasteiger partial charge is 0.454 e. The second-order valence-corrected chi connectivity index (χ2v) is 11.3. The zero-order chi connectivity index (χ0) is 25.5. The Morgan fingerprint density at radius 3 is 2.03 bits per heavy atom. The summed E-state index contributed by atoms with van der Waals surface area (Å²) in [6, 6.07) is 3.81. The third kappa shape index (κ3) is 5.00. The number of benzene rings is 2. The number of esters is 1. The Kier molecular flexibility index (Phi) is 8.66. The van der Waals surface area contributed by atoms with Crippen LogP contribution in [0.2, 0.25) is 5.02 Å². The molecule has 2 aromatic rings. The monoisotopic (exact) mass is 740 g/mol. The molecule has 0 fully saturated rings. The number of ether oxygens (including phenoxy) is 1. The minimum Gasteiger partial charge on any atom is -0.454 e. The molecule has 0 aliphatic carbocycles. The van der Waals surface area contributed by atoms with Crippen molar-refractivity contribution in [1.82, 2.24) is 4.90 Å². The van der Waals surface area contributed by atoms with Gasteiger partial charge in [0.05, 0.1) is 11.1 Å². The molecule has 1 heterocycles. The highest BCUT2D eigenvalue weighted by Gasteiger charge is 2.47. The summed E-state index contributed by atoms with van der Waals surface area (Å²) in [7, 11) is 0. The van der Waals surface area contributed by atoms with E-state index in [1.54, 1.807) is 39.0 Å². The fourth-order valence-corrected chi connectivity index (χ4v) is 6.08. The lowest BCUT2D eigenvalue weighted by molar-refractivity contribution is -0.152. The lowest BCUT2D eigenvalue weighted by Crippen LogP contribution is -2.49. The first-order valence-corrected chi connectivity index (χ1v) is 13.4. The number of carbonyl (C=O) groups is 4. The maximum Gasteiger partial charge on any atom is 0.330 e.